The van der Waals surface area contributed by atoms with Crippen LogP contribution in [0.4, 0.5) is 8.78 Å². The highest BCUT2D eigenvalue weighted by atomic mass is 79.9. The van der Waals surface area contributed by atoms with Gasteiger partial charge in [0.15, 0.2) is 0 Å². The summed E-state index contributed by atoms with van der Waals surface area (Å²) in [6.07, 6.45) is 0.367. The molecule has 2 aromatic rings. The van der Waals surface area contributed by atoms with Crippen LogP contribution in [-0.4, -0.2) is 0 Å². The van der Waals surface area contributed by atoms with Gasteiger partial charge >= 0.3 is 0 Å². The number of halogens is 4. The number of rotatable bonds is 4. The second-order valence-corrected chi connectivity index (χ2v) is 6.11. The quantitative estimate of drug-likeness (QED) is 0.589. The van der Waals surface area contributed by atoms with Gasteiger partial charge in [0.05, 0.1) is 6.04 Å². The van der Waals surface area contributed by atoms with Gasteiger partial charge < -0.3 is 0 Å². The van der Waals surface area contributed by atoms with E-state index in [9.17, 15) is 8.78 Å². The molecule has 0 heterocycles. The molecule has 0 saturated heterocycles. The molecule has 0 spiro atoms. The van der Waals surface area contributed by atoms with Crippen molar-refractivity contribution in [1.29, 1.82) is 0 Å². The van der Waals surface area contributed by atoms with Crippen LogP contribution in [0.2, 0.25) is 0 Å². The molecule has 2 nitrogen and oxygen atoms in total. The van der Waals surface area contributed by atoms with Gasteiger partial charge in [-0.3, -0.25) is 11.3 Å². The highest BCUT2D eigenvalue weighted by Crippen LogP contribution is 2.29. The molecule has 6 heteroatoms. The fraction of sp³-hybridized carbons (Fsp3) is 0.143. The van der Waals surface area contributed by atoms with Crippen molar-refractivity contribution in [2.75, 3.05) is 0 Å². The third-order valence-electron chi connectivity index (χ3n) is 2.91. The van der Waals surface area contributed by atoms with Crippen LogP contribution < -0.4 is 11.3 Å². The maximum absolute atomic E-state index is 13.9. The second-order valence-electron chi connectivity index (χ2n) is 4.34. The number of hydrazine groups is 1. The summed E-state index contributed by atoms with van der Waals surface area (Å²) in [5.74, 6) is 4.81. The molecule has 0 bridgehead atoms. The topological polar surface area (TPSA) is 38.0 Å². The average Bonchev–Trinajstić information content (AvgIpc) is 2.36. The predicted molar refractivity (Wildman–Crippen MR) is 82.0 cm³/mol. The van der Waals surface area contributed by atoms with E-state index in [2.05, 4.69) is 37.3 Å². The van der Waals surface area contributed by atoms with Crippen LogP contribution >= 0.6 is 31.9 Å². The van der Waals surface area contributed by atoms with Crippen LogP contribution in [0.15, 0.2) is 45.3 Å². The molecule has 0 fully saturated rings. The van der Waals surface area contributed by atoms with Crippen molar-refractivity contribution >= 4 is 31.9 Å². The van der Waals surface area contributed by atoms with E-state index in [0.29, 0.717) is 20.9 Å². The minimum Gasteiger partial charge on any atom is -0.271 e. The summed E-state index contributed by atoms with van der Waals surface area (Å²) in [7, 11) is 0. The summed E-state index contributed by atoms with van der Waals surface area (Å²) < 4.78 is 28.6. The summed E-state index contributed by atoms with van der Waals surface area (Å²) in [6.45, 7) is 0. The van der Waals surface area contributed by atoms with Gasteiger partial charge in [0.2, 0.25) is 0 Å². The standard InChI is InChI=1S/C14H12Br2F2N2/c15-9-4-8(5-10(17)7-9)6-13(20-19)14-11(16)2-1-3-12(14)18/h1-5,7,13,20H,6,19H2. The van der Waals surface area contributed by atoms with E-state index in [1.807, 2.05) is 0 Å². The van der Waals surface area contributed by atoms with Crippen molar-refractivity contribution in [1.82, 2.24) is 5.43 Å². The van der Waals surface area contributed by atoms with Crippen molar-refractivity contribution in [3.63, 3.8) is 0 Å². The zero-order chi connectivity index (χ0) is 14.7. The molecule has 0 saturated carbocycles. The van der Waals surface area contributed by atoms with E-state index in [1.54, 1.807) is 18.2 Å². The van der Waals surface area contributed by atoms with Crippen LogP contribution in [0.25, 0.3) is 0 Å². The first-order chi connectivity index (χ1) is 9.51. The van der Waals surface area contributed by atoms with Gasteiger partial charge in [-0.25, -0.2) is 8.78 Å². The Kier molecular flexibility index (Phi) is 5.26. The minimum absolute atomic E-state index is 0.349. The number of nitrogens with two attached hydrogens (primary N) is 1. The first-order valence-corrected chi connectivity index (χ1v) is 7.45. The summed E-state index contributed by atoms with van der Waals surface area (Å²) in [5.41, 5.74) is 3.72. The Balaban J connectivity index is 2.34. The maximum Gasteiger partial charge on any atom is 0.129 e. The van der Waals surface area contributed by atoms with E-state index in [4.69, 9.17) is 5.84 Å². The monoisotopic (exact) mass is 404 g/mol. The van der Waals surface area contributed by atoms with Gasteiger partial charge in [-0.1, -0.05) is 37.9 Å². The van der Waals surface area contributed by atoms with Crippen molar-refractivity contribution < 1.29 is 8.78 Å². The molecule has 0 aliphatic carbocycles. The molecule has 0 aliphatic heterocycles. The molecule has 0 aliphatic rings. The minimum atomic E-state index is -0.459. The van der Waals surface area contributed by atoms with E-state index in [1.165, 1.54) is 18.2 Å². The molecule has 2 rings (SSSR count). The molecule has 1 unspecified atom stereocenters. The molecule has 1 atom stereocenters. The van der Waals surface area contributed by atoms with E-state index >= 15 is 0 Å². The SMILES string of the molecule is NNC(Cc1cc(F)cc(Br)c1)c1c(F)cccc1Br. The van der Waals surface area contributed by atoms with E-state index in [0.717, 1.165) is 5.56 Å². The van der Waals surface area contributed by atoms with Crippen molar-refractivity contribution in [2.45, 2.75) is 12.5 Å². The first-order valence-electron chi connectivity index (χ1n) is 5.86. The maximum atomic E-state index is 13.9. The van der Waals surface area contributed by atoms with E-state index in [-0.39, 0.29) is 11.6 Å². The molecule has 0 amide bonds. The summed E-state index contributed by atoms with van der Waals surface area (Å²) in [4.78, 5) is 0. The molecule has 3 N–H and O–H groups in total. The van der Waals surface area contributed by atoms with Gasteiger partial charge in [0, 0.05) is 14.5 Å². The Hall–Kier alpha value is -0.820. The van der Waals surface area contributed by atoms with Crippen LogP contribution in [0.1, 0.15) is 17.2 Å². The lowest BCUT2D eigenvalue weighted by molar-refractivity contribution is 0.507. The van der Waals surface area contributed by atoms with Crippen molar-refractivity contribution in [3.05, 3.63) is 68.1 Å². The number of benzene rings is 2. The Labute approximate surface area is 132 Å². The number of hydrogen-bond donors (Lipinski definition) is 2. The molecule has 2 aromatic carbocycles. The second kappa shape index (κ2) is 6.76. The zero-order valence-corrected chi connectivity index (χ0v) is 13.5. The van der Waals surface area contributed by atoms with Gasteiger partial charge in [0.25, 0.3) is 0 Å². The van der Waals surface area contributed by atoms with Gasteiger partial charge in [-0.15, -0.1) is 0 Å². The molecular weight excluding hydrogens is 394 g/mol. The molecule has 106 valence electrons. The molecular formula is C14H12Br2F2N2. The number of hydrogen-bond acceptors (Lipinski definition) is 2. The zero-order valence-electron chi connectivity index (χ0n) is 10.3. The highest BCUT2D eigenvalue weighted by molar-refractivity contribution is 9.10. The lowest BCUT2D eigenvalue weighted by atomic mass is 9.99. The third-order valence-corrected chi connectivity index (χ3v) is 4.06. The molecule has 0 aromatic heterocycles. The fourth-order valence-corrected chi connectivity index (χ4v) is 3.18. The van der Waals surface area contributed by atoms with Gasteiger partial charge in [-0.2, -0.15) is 0 Å². The van der Waals surface area contributed by atoms with Crippen molar-refractivity contribution in [2.24, 2.45) is 5.84 Å². The van der Waals surface area contributed by atoms with Crippen LogP contribution in [0.5, 0.6) is 0 Å². The summed E-state index contributed by atoms with van der Waals surface area (Å²) in [5, 5.41) is 0. The van der Waals surface area contributed by atoms with Crippen molar-refractivity contribution in [3.8, 4) is 0 Å². The Bertz CT molecular complexity index is 580. The normalized spacial score (nSPS) is 12.4. The Morgan fingerprint density at radius 2 is 1.90 bits per heavy atom. The Morgan fingerprint density at radius 3 is 2.50 bits per heavy atom. The third kappa shape index (κ3) is 3.63. The van der Waals surface area contributed by atoms with E-state index < -0.39 is 6.04 Å². The fourth-order valence-electron chi connectivity index (χ4n) is 2.05. The smallest absolute Gasteiger partial charge is 0.129 e. The van der Waals surface area contributed by atoms with Crippen LogP contribution in [0.3, 0.4) is 0 Å². The lowest BCUT2D eigenvalue weighted by Gasteiger charge is -2.19. The Morgan fingerprint density at radius 1 is 1.15 bits per heavy atom. The lowest BCUT2D eigenvalue weighted by Crippen LogP contribution is -2.30. The van der Waals surface area contributed by atoms with Gasteiger partial charge in [-0.05, 0) is 42.3 Å². The number of nitrogens with one attached hydrogen (secondary N) is 1. The summed E-state index contributed by atoms with van der Waals surface area (Å²) in [6, 6.07) is 8.81. The first kappa shape index (κ1) is 15.6. The molecule has 0 radical (unpaired) electrons. The summed E-state index contributed by atoms with van der Waals surface area (Å²) >= 11 is 6.55. The largest absolute Gasteiger partial charge is 0.271 e. The van der Waals surface area contributed by atoms with Crippen LogP contribution in [0, 0.1) is 11.6 Å². The van der Waals surface area contributed by atoms with Gasteiger partial charge in [0.1, 0.15) is 11.6 Å². The molecule has 20 heavy (non-hydrogen) atoms. The predicted octanol–water partition coefficient (Wildman–Crippen LogP) is 4.24. The highest BCUT2D eigenvalue weighted by Gasteiger charge is 2.18. The average molecular weight is 406 g/mol. The van der Waals surface area contributed by atoms with Crippen LogP contribution in [-0.2, 0) is 6.42 Å².